The number of aliphatic hydroxyl groups is 1. The van der Waals surface area contributed by atoms with Crippen LogP contribution in [0.2, 0.25) is 0 Å². The maximum Gasteiger partial charge on any atom is 0.191 e. The van der Waals surface area contributed by atoms with E-state index in [0.29, 0.717) is 11.8 Å². The second-order valence-electron chi connectivity index (χ2n) is 7.73. The predicted octanol–water partition coefficient (Wildman–Crippen LogP) is 3.32. The molecule has 0 amide bonds. The highest BCUT2D eigenvalue weighted by Gasteiger charge is 2.43. The topological polar surface area (TPSA) is 56.7 Å². The van der Waals surface area contributed by atoms with Crippen LogP contribution in [0, 0.1) is 11.8 Å². The van der Waals surface area contributed by atoms with Gasteiger partial charge in [-0.25, -0.2) is 0 Å². The van der Waals surface area contributed by atoms with E-state index in [0.717, 1.165) is 38.4 Å². The maximum absolute atomic E-state index is 9.29. The molecule has 0 aromatic heterocycles. The van der Waals surface area contributed by atoms with Gasteiger partial charge in [-0.05, 0) is 50.0 Å². The van der Waals surface area contributed by atoms with Crippen molar-refractivity contribution in [3.8, 4) is 0 Å². The second kappa shape index (κ2) is 9.81. The summed E-state index contributed by atoms with van der Waals surface area (Å²) >= 11 is 0. The van der Waals surface area contributed by atoms with Crippen LogP contribution in [0.25, 0.3) is 0 Å². The molecule has 0 bridgehead atoms. The van der Waals surface area contributed by atoms with Gasteiger partial charge in [-0.3, -0.25) is 4.99 Å². The van der Waals surface area contributed by atoms with Gasteiger partial charge in [-0.15, -0.1) is 0 Å². The Labute approximate surface area is 153 Å². The molecule has 1 saturated carbocycles. The van der Waals surface area contributed by atoms with Gasteiger partial charge in [0, 0.05) is 25.1 Å². The molecule has 1 aliphatic carbocycles. The number of guanidine groups is 1. The number of aliphatic hydroxyl groups excluding tert-OH is 1. The number of aliphatic imine (C=N–C) groups is 1. The van der Waals surface area contributed by atoms with Crippen LogP contribution in [-0.4, -0.2) is 37.3 Å². The van der Waals surface area contributed by atoms with E-state index in [1.54, 1.807) is 0 Å². The average Bonchev–Trinajstić information content (AvgIpc) is 3.39. The Balaban J connectivity index is 1.94. The molecule has 0 spiro atoms. The van der Waals surface area contributed by atoms with E-state index in [1.807, 2.05) is 0 Å². The van der Waals surface area contributed by atoms with Gasteiger partial charge in [0.2, 0.25) is 0 Å². The molecule has 1 aromatic rings. The zero-order chi connectivity index (χ0) is 18.1. The van der Waals surface area contributed by atoms with E-state index in [9.17, 15) is 5.11 Å². The highest BCUT2D eigenvalue weighted by Crippen LogP contribution is 2.48. The van der Waals surface area contributed by atoms with Crippen molar-refractivity contribution in [3.05, 3.63) is 35.9 Å². The third kappa shape index (κ3) is 6.35. The minimum absolute atomic E-state index is 0.242. The van der Waals surface area contributed by atoms with Crippen molar-refractivity contribution in [1.29, 1.82) is 0 Å². The van der Waals surface area contributed by atoms with Gasteiger partial charge in [0.15, 0.2) is 5.96 Å². The van der Waals surface area contributed by atoms with Crippen LogP contribution < -0.4 is 10.6 Å². The maximum atomic E-state index is 9.29. The van der Waals surface area contributed by atoms with Crippen molar-refractivity contribution in [3.63, 3.8) is 0 Å². The van der Waals surface area contributed by atoms with Crippen molar-refractivity contribution >= 4 is 5.96 Å². The molecule has 1 atom stereocenters. The van der Waals surface area contributed by atoms with Crippen LogP contribution >= 0.6 is 0 Å². The first-order chi connectivity index (χ1) is 12.1. The molecule has 1 fully saturated rings. The molecule has 1 aromatic carbocycles. The number of rotatable bonds is 10. The molecule has 0 aliphatic heterocycles. The zero-order valence-electron chi connectivity index (χ0n) is 16.1. The lowest BCUT2D eigenvalue weighted by atomic mass is 9.94. The van der Waals surface area contributed by atoms with Crippen LogP contribution in [0.4, 0.5) is 0 Å². The highest BCUT2D eigenvalue weighted by molar-refractivity contribution is 5.79. The summed E-state index contributed by atoms with van der Waals surface area (Å²) in [5, 5.41) is 16.1. The first kappa shape index (κ1) is 19.8. The first-order valence-electron chi connectivity index (χ1n) is 9.78. The molecule has 140 valence electrons. The SMILES string of the molecule is CCNC(=NCC1(c2ccccc2)CC1)NCC(CCO)CC(C)C. The normalized spacial score (nSPS) is 17.4. The summed E-state index contributed by atoms with van der Waals surface area (Å²) in [6, 6.07) is 10.8. The van der Waals surface area contributed by atoms with Crippen LogP contribution in [0.3, 0.4) is 0 Å². The van der Waals surface area contributed by atoms with Crippen LogP contribution in [0.15, 0.2) is 35.3 Å². The number of nitrogens with zero attached hydrogens (tertiary/aromatic N) is 1. The molecule has 0 radical (unpaired) electrons. The van der Waals surface area contributed by atoms with E-state index in [2.05, 4.69) is 61.7 Å². The van der Waals surface area contributed by atoms with Gasteiger partial charge < -0.3 is 15.7 Å². The Bertz CT molecular complexity index is 523. The summed E-state index contributed by atoms with van der Waals surface area (Å²) < 4.78 is 0. The minimum Gasteiger partial charge on any atom is -0.396 e. The van der Waals surface area contributed by atoms with Crippen LogP contribution in [0.5, 0.6) is 0 Å². The van der Waals surface area contributed by atoms with Crippen LogP contribution in [0.1, 0.15) is 52.0 Å². The third-order valence-corrected chi connectivity index (χ3v) is 5.02. The van der Waals surface area contributed by atoms with Crippen LogP contribution in [-0.2, 0) is 5.41 Å². The number of nitrogens with one attached hydrogen (secondary N) is 2. The van der Waals surface area contributed by atoms with Gasteiger partial charge >= 0.3 is 0 Å². The molecule has 0 heterocycles. The quantitative estimate of drug-likeness (QED) is 0.450. The Morgan fingerprint density at radius 2 is 1.92 bits per heavy atom. The molecule has 0 saturated heterocycles. The Hall–Kier alpha value is -1.55. The third-order valence-electron chi connectivity index (χ3n) is 5.02. The average molecular weight is 346 g/mol. The summed E-state index contributed by atoms with van der Waals surface area (Å²) in [6.07, 6.45) is 4.42. The summed E-state index contributed by atoms with van der Waals surface area (Å²) in [5.74, 6) is 2.03. The summed E-state index contributed by atoms with van der Waals surface area (Å²) in [4.78, 5) is 4.87. The van der Waals surface area contributed by atoms with Crippen molar-refractivity contribution in [2.24, 2.45) is 16.8 Å². The van der Waals surface area contributed by atoms with Gasteiger partial charge in [-0.2, -0.15) is 0 Å². The molecule has 1 unspecified atom stereocenters. The van der Waals surface area contributed by atoms with E-state index in [4.69, 9.17) is 4.99 Å². The van der Waals surface area contributed by atoms with Crippen molar-refractivity contribution in [2.75, 3.05) is 26.2 Å². The molecule has 4 heteroatoms. The van der Waals surface area contributed by atoms with Crippen molar-refractivity contribution < 1.29 is 5.11 Å². The molecular weight excluding hydrogens is 310 g/mol. The van der Waals surface area contributed by atoms with Gasteiger partial charge in [0.1, 0.15) is 0 Å². The van der Waals surface area contributed by atoms with Gasteiger partial charge in [0.05, 0.1) is 6.54 Å². The standard InChI is InChI=1S/C21H35N3O/c1-4-22-20(23-15-18(10-13-25)14-17(2)3)24-16-21(11-12-21)19-8-6-5-7-9-19/h5-9,17-18,25H,4,10-16H2,1-3H3,(H2,22,23,24). The summed E-state index contributed by atoms with van der Waals surface area (Å²) in [5.41, 5.74) is 1.65. The van der Waals surface area contributed by atoms with Crippen molar-refractivity contribution in [2.45, 2.75) is 51.9 Å². The monoisotopic (exact) mass is 345 g/mol. The van der Waals surface area contributed by atoms with Gasteiger partial charge in [0.25, 0.3) is 0 Å². The lowest BCUT2D eigenvalue weighted by Gasteiger charge is -2.21. The lowest BCUT2D eigenvalue weighted by Crippen LogP contribution is -2.40. The van der Waals surface area contributed by atoms with E-state index in [-0.39, 0.29) is 12.0 Å². The molecular formula is C21H35N3O. The molecule has 2 rings (SSSR count). The Morgan fingerprint density at radius 1 is 1.20 bits per heavy atom. The fraction of sp³-hybridized carbons (Fsp3) is 0.667. The summed E-state index contributed by atoms with van der Waals surface area (Å²) in [7, 11) is 0. The Kier molecular flexibility index (Phi) is 7.76. The zero-order valence-corrected chi connectivity index (χ0v) is 16.1. The molecule has 4 nitrogen and oxygen atoms in total. The lowest BCUT2D eigenvalue weighted by molar-refractivity contribution is 0.243. The fourth-order valence-corrected chi connectivity index (χ4v) is 3.45. The smallest absolute Gasteiger partial charge is 0.191 e. The fourth-order valence-electron chi connectivity index (χ4n) is 3.45. The summed E-state index contributed by atoms with van der Waals surface area (Å²) in [6.45, 7) is 9.38. The van der Waals surface area contributed by atoms with Gasteiger partial charge in [-0.1, -0.05) is 44.2 Å². The number of hydrogen-bond donors (Lipinski definition) is 3. The number of hydrogen-bond acceptors (Lipinski definition) is 2. The molecule has 3 N–H and O–H groups in total. The largest absolute Gasteiger partial charge is 0.396 e. The van der Waals surface area contributed by atoms with E-state index >= 15 is 0 Å². The predicted molar refractivity (Wildman–Crippen MR) is 106 cm³/mol. The second-order valence-corrected chi connectivity index (χ2v) is 7.73. The van der Waals surface area contributed by atoms with E-state index in [1.165, 1.54) is 18.4 Å². The molecule has 1 aliphatic rings. The first-order valence-corrected chi connectivity index (χ1v) is 9.78. The van der Waals surface area contributed by atoms with Crippen molar-refractivity contribution in [1.82, 2.24) is 10.6 Å². The molecule has 25 heavy (non-hydrogen) atoms. The Morgan fingerprint density at radius 3 is 2.48 bits per heavy atom. The highest BCUT2D eigenvalue weighted by atomic mass is 16.3. The van der Waals surface area contributed by atoms with E-state index < -0.39 is 0 Å². The number of benzene rings is 1. The minimum atomic E-state index is 0.242.